The Morgan fingerprint density at radius 1 is 0.724 bits per heavy atom. The SMILES string of the molecule is Cc1cc(C)cc(-c2ccc(C(=O)Cc3c(C(=O)O)cccc3C(=O)O)cc2)c1. The number of benzene rings is 3. The van der Waals surface area contributed by atoms with Gasteiger partial charge in [0.1, 0.15) is 0 Å². The molecular formula is C24H20O5. The maximum atomic E-state index is 12.7. The van der Waals surface area contributed by atoms with Crippen LogP contribution in [0.15, 0.2) is 60.7 Å². The summed E-state index contributed by atoms with van der Waals surface area (Å²) < 4.78 is 0. The van der Waals surface area contributed by atoms with Crippen molar-refractivity contribution in [2.24, 2.45) is 0 Å². The van der Waals surface area contributed by atoms with Gasteiger partial charge in [-0.3, -0.25) is 4.79 Å². The Kier molecular flexibility index (Phi) is 5.59. The van der Waals surface area contributed by atoms with Gasteiger partial charge in [-0.15, -0.1) is 0 Å². The zero-order valence-electron chi connectivity index (χ0n) is 16.1. The van der Waals surface area contributed by atoms with E-state index < -0.39 is 11.9 Å². The molecule has 146 valence electrons. The van der Waals surface area contributed by atoms with Crippen LogP contribution >= 0.6 is 0 Å². The van der Waals surface area contributed by atoms with Gasteiger partial charge in [0.15, 0.2) is 5.78 Å². The van der Waals surface area contributed by atoms with Crippen molar-refractivity contribution in [2.75, 3.05) is 0 Å². The van der Waals surface area contributed by atoms with Gasteiger partial charge in [0.05, 0.1) is 11.1 Å². The van der Waals surface area contributed by atoms with Gasteiger partial charge in [0.25, 0.3) is 0 Å². The van der Waals surface area contributed by atoms with Crippen LogP contribution in [0, 0.1) is 13.8 Å². The second kappa shape index (κ2) is 8.10. The van der Waals surface area contributed by atoms with Crippen LogP contribution in [0.2, 0.25) is 0 Å². The lowest BCUT2D eigenvalue weighted by Crippen LogP contribution is -2.14. The van der Waals surface area contributed by atoms with Gasteiger partial charge >= 0.3 is 11.9 Å². The van der Waals surface area contributed by atoms with Crippen LogP contribution < -0.4 is 0 Å². The van der Waals surface area contributed by atoms with Crippen LogP contribution in [0.25, 0.3) is 11.1 Å². The van der Waals surface area contributed by atoms with Crippen LogP contribution in [0.1, 0.15) is 47.8 Å². The number of rotatable bonds is 6. The summed E-state index contributed by atoms with van der Waals surface area (Å²) in [6.45, 7) is 4.04. The van der Waals surface area contributed by atoms with E-state index in [2.05, 4.69) is 18.2 Å². The van der Waals surface area contributed by atoms with Gasteiger partial charge in [0.2, 0.25) is 0 Å². The number of hydrogen-bond donors (Lipinski definition) is 2. The van der Waals surface area contributed by atoms with E-state index in [0.29, 0.717) is 5.56 Å². The van der Waals surface area contributed by atoms with Gasteiger partial charge in [-0.25, -0.2) is 9.59 Å². The molecule has 5 nitrogen and oxygen atoms in total. The summed E-state index contributed by atoms with van der Waals surface area (Å²) in [5, 5.41) is 18.7. The highest BCUT2D eigenvalue weighted by atomic mass is 16.4. The molecule has 29 heavy (non-hydrogen) atoms. The van der Waals surface area contributed by atoms with E-state index in [-0.39, 0.29) is 28.9 Å². The Balaban J connectivity index is 1.91. The third kappa shape index (κ3) is 4.41. The molecule has 3 rings (SSSR count). The Bertz CT molecular complexity index is 1060. The maximum absolute atomic E-state index is 12.7. The first-order chi connectivity index (χ1) is 13.8. The molecule has 0 saturated carbocycles. The van der Waals surface area contributed by atoms with E-state index in [4.69, 9.17) is 0 Å². The molecule has 0 fully saturated rings. The number of ketones is 1. The first-order valence-corrected chi connectivity index (χ1v) is 9.06. The fourth-order valence-electron chi connectivity index (χ4n) is 3.43. The topological polar surface area (TPSA) is 91.7 Å². The standard InChI is InChI=1S/C24H20O5/c1-14-10-15(2)12-18(11-14)16-6-8-17(9-7-16)22(25)13-21-19(23(26)27)4-3-5-20(21)24(28)29/h3-12H,13H2,1-2H3,(H,26,27)(H,28,29). The first kappa shape index (κ1) is 20.0. The number of aromatic carboxylic acids is 2. The maximum Gasteiger partial charge on any atom is 0.336 e. The lowest BCUT2D eigenvalue weighted by atomic mass is 9.93. The molecule has 0 radical (unpaired) electrons. The van der Waals surface area contributed by atoms with Gasteiger partial charge in [0, 0.05) is 12.0 Å². The second-order valence-corrected chi connectivity index (χ2v) is 7.00. The lowest BCUT2D eigenvalue weighted by Gasteiger charge is -2.10. The number of aryl methyl sites for hydroxylation is 2. The number of Topliss-reactive ketones (excluding diaryl/α,β-unsaturated/α-hetero) is 1. The quantitative estimate of drug-likeness (QED) is 0.592. The third-order valence-electron chi connectivity index (χ3n) is 4.74. The van der Waals surface area contributed by atoms with Crippen LogP contribution in [-0.4, -0.2) is 27.9 Å². The molecule has 0 heterocycles. The summed E-state index contributed by atoms with van der Waals surface area (Å²) in [6, 6.07) is 17.2. The molecular weight excluding hydrogens is 368 g/mol. The zero-order valence-corrected chi connectivity index (χ0v) is 16.1. The summed E-state index contributed by atoms with van der Waals surface area (Å²) >= 11 is 0. The molecule has 0 aromatic heterocycles. The molecule has 3 aromatic rings. The molecule has 0 atom stereocenters. The molecule has 0 unspecified atom stereocenters. The van der Waals surface area contributed by atoms with E-state index in [1.54, 1.807) is 12.1 Å². The monoisotopic (exact) mass is 388 g/mol. The Morgan fingerprint density at radius 3 is 1.72 bits per heavy atom. The lowest BCUT2D eigenvalue weighted by molar-refractivity contribution is 0.0696. The van der Waals surface area contributed by atoms with Crippen molar-refractivity contribution in [1.29, 1.82) is 0 Å². The predicted molar refractivity (Wildman–Crippen MR) is 110 cm³/mol. The van der Waals surface area contributed by atoms with Crippen LogP contribution in [-0.2, 0) is 6.42 Å². The van der Waals surface area contributed by atoms with E-state index >= 15 is 0 Å². The first-order valence-electron chi connectivity index (χ1n) is 9.06. The van der Waals surface area contributed by atoms with E-state index in [9.17, 15) is 24.6 Å². The smallest absolute Gasteiger partial charge is 0.336 e. The molecule has 0 spiro atoms. The van der Waals surface area contributed by atoms with Crippen LogP contribution in [0.4, 0.5) is 0 Å². The molecule has 0 aliphatic heterocycles. The van der Waals surface area contributed by atoms with Crippen molar-refractivity contribution >= 4 is 17.7 Å². The highest BCUT2D eigenvalue weighted by Gasteiger charge is 2.21. The summed E-state index contributed by atoms with van der Waals surface area (Å²) in [5.74, 6) is -2.87. The van der Waals surface area contributed by atoms with Crippen LogP contribution in [0.5, 0.6) is 0 Å². The van der Waals surface area contributed by atoms with Gasteiger partial charge in [-0.2, -0.15) is 0 Å². The molecule has 0 bridgehead atoms. The average molecular weight is 388 g/mol. The summed E-state index contributed by atoms with van der Waals surface area (Å²) in [7, 11) is 0. The van der Waals surface area contributed by atoms with Gasteiger partial charge < -0.3 is 10.2 Å². The second-order valence-electron chi connectivity index (χ2n) is 7.00. The number of carbonyl (C=O) groups is 3. The largest absolute Gasteiger partial charge is 0.478 e. The van der Waals surface area contributed by atoms with Crippen LogP contribution in [0.3, 0.4) is 0 Å². The predicted octanol–water partition coefficient (Wildman–Crippen LogP) is 4.79. The third-order valence-corrected chi connectivity index (χ3v) is 4.74. The molecule has 0 saturated heterocycles. The molecule has 3 aromatic carbocycles. The zero-order chi connectivity index (χ0) is 21.1. The Morgan fingerprint density at radius 2 is 1.24 bits per heavy atom. The highest BCUT2D eigenvalue weighted by Crippen LogP contribution is 2.24. The molecule has 5 heteroatoms. The Hall–Kier alpha value is -3.73. The van der Waals surface area contributed by atoms with E-state index in [0.717, 1.165) is 22.3 Å². The van der Waals surface area contributed by atoms with Crippen molar-refractivity contribution in [2.45, 2.75) is 20.3 Å². The minimum Gasteiger partial charge on any atom is -0.478 e. The molecule has 2 N–H and O–H groups in total. The van der Waals surface area contributed by atoms with Crippen molar-refractivity contribution in [3.05, 3.63) is 94.0 Å². The number of carboxylic acid groups (broad SMARTS) is 2. The summed E-state index contributed by atoms with van der Waals surface area (Å²) in [6.07, 6.45) is -0.299. The number of carboxylic acids is 2. The molecule has 0 amide bonds. The summed E-state index contributed by atoms with van der Waals surface area (Å²) in [5.41, 5.74) is 4.36. The van der Waals surface area contributed by atoms with Gasteiger partial charge in [-0.05, 0) is 42.7 Å². The fourth-order valence-corrected chi connectivity index (χ4v) is 3.43. The highest BCUT2D eigenvalue weighted by molar-refractivity contribution is 6.03. The molecule has 0 aliphatic carbocycles. The van der Waals surface area contributed by atoms with Crippen molar-refractivity contribution in [1.82, 2.24) is 0 Å². The average Bonchev–Trinajstić information content (AvgIpc) is 2.67. The van der Waals surface area contributed by atoms with Crippen molar-refractivity contribution in [3.63, 3.8) is 0 Å². The van der Waals surface area contributed by atoms with Crippen molar-refractivity contribution < 1.29 is 24.6 Å². The number of hydrogen-bond acceptors (Lipinski definition) is 3. The normalized spacial score (nSPS) is 10.6. The van der Waals surface area contributed by atoms with E-state index in [1.807, 2.05) is 26.0 Å². The fraction of sp³-hybridized carbons (Fsp3) is 0.125. The van der Waals surface area contributed by atoms with Crippen molar-refractivity contribution in [3.8, 4) is 11.1 Å². The minimum atomic E-state index is -1.26. The van der Waals surface area contributed by atoms with Gasteiger partial charge in [-0.1, -0.05) is 59.7 Å². The Labute approximate surface area is 168 Å². The minimum absolute atomic E-state index is 0.0101. The summed E-state index contributed by atoms with van der Waals surface area (Å²) in [4.78, 5) is 35.7. The number of carbonyl (C=O) groups excluding carboxylic acids is 1. The van der Waals surface area contributed by atoms with E-state index in [1.165, 1.54) is 18.2 Å². The molecule has 0 aliphatic rings.